The second-order valence-corrected chi connectivity index (χ2v) is 8.11. The van der Waals surface area contributed by atoms with Crippen molar-refractivity contribution in [1.82, 2.24) is 0 Å². The van der Waals surface area contributed by atoms with Gasteiger partial charge in [-0.25, -0.2) is 0 Å². The van der Waals surface area contributed by atoms with Crippen LogP contribution < -0.4 is 0 Å². The summed E-state index contributed by atoms with van der Waals surface area (Å²) in [7, 11) is 0. The molecule has 0 bridgehead atoms. The third-order valence-electron chi connectivity index (χ3n) is 4.85. The second kappa shape index (κ2) is 5.14. The number of hydrogen-bond acceptors (Lipinski definition) is 1. The molecule has 22 heavy (non-hydrogen) atoms. The molecule has 2 atom stereocenters. The number of rotatable bonds is 3. The van der Waals surface area contributed by atoms with Gasteiger partial charge in [0.2, 0.25) is 0 Å². The zero-order valence-corrected chi connectivity index (χ0v) is 14.7. The Balaban J connectivity index is 2.30. The summed E-state index contributed by atoms with van der Waals surface area (Å²) in [5.41, 5.74) is 0.341. The van der Waals surface area contributed by atoms with Crippen molar-refractivity contribution in [2.24, 2.45) is 5.41 Å². The lowest BCUT2D eigenvalue weighted by atomic mass is 9.73. The van der Waals surface area contributed by atoms with E-state index in [0.717, 1.165) is 11.1 Å². The fourth-order valence-corrected chi connectivity index (χ4v) is 4.35. The van der Waals surface area contributed by atoms with Crippen LogP contribution in [-0.2, 0) is 5.60 Å². The molecule has 1 fully saturated rings. The van der Waals surface area contributed by atoms with Crippen molar-refractivity contribution in [1.29, 1.82) is 0 Å². The van der Waals surface area contributed by atoms with E-state index in [1.165, 1.54) is 0 Å². The van der Waals surface area contributed by atoms with E-state index >= 15 is 0 Å². The number of aliphatic hydroxyl groups is 1. The summed E-state index contributed by atoms with van der Waals surface area (Å²) in [6, 6.07) is 15.0. The molecule has 0 amide bonds. The molecule has 1 N–H and O–H groups in total. The lowest BCUT2D eigenvalue weighted by Crippen LogP contribution is -2.40. The maximum Gasteiger partial charge on any atom is 0.127 e. The summed E-state index contributed by atoms with van der Waals surface area (Å²) in [5.74, 6) is 0. The maximum absolute atomic E-state index is 11.8. The molecule has 2 aromatic carbocycles. The zero-order chi connectivity index (χ0) is 16.2. The molecule has 4 heteroatoms. The molecule has 1 saturated carbocycles. The predicted molar refractivity (Wildman–Crippen MR) is 92.8 cm³/mol. The molecule has 0 aromatic heterocycles. The van der Waals surface area contributed by atoms with E-state index in [-0.39, 0.29) is 0 Å². The lowest BCUT2D eigenvalue weighted by molar-refractivity contribution is 0.00792. The average Bonchev–Trinajstić information content (AvgIpc) is 2.99. The Morgan fingerprint density at radius 1 is 1.00 bits per heavy atom. The molecule has 0 radical (unpaired) electrons. The van der Waals surface area contributed by atoms with Crippen LogP contribution in [0, 0.1) is 12.3 Å². The first-order valence-electron chi connectivity index (χ1n) is 7.15. The molecule has 1 nitrogen and oxygen atoms in total. The Kier molecular flexibility index (Phi) is 3.77. The smallest absolute Gasteiger partial charge is 0.127 e. The number of alkyl halides is 2. The van der Waals surface area contributed by atoms with E-state index in [1.807, 2.05) is 56.3 Å². The summed E-state index contributed by atoms with van der Waals surface area (Å²) in [6.45, 7) is 3.87. The van der Waals surface area contributed by atoms with Gasteiger partial charge < -0.3 is 5.11 Å². The quantitative estimate of drug-likeness (QED) is 0.724. The van der Waals surface area contributed by atoms with Crippen LogP contribution in [0.4, 0.5) is 0 Å². The van der Waals surface area contributed by atoms with Crippen molar-refractivity contribution in [3.05, 3.63) is 70.2 Å². The largest absolute Gasteiger partial charge is 0.380 e. The van der Waals surface area contributed by atoms with Crippen molar-refractivity contribution in [3.63, 3.8) is 0 Å². The van der Waals surface area contributed by atoms with E-state index < -0.39 is 15.3 Å². The highest BCUT2D eigenvalue weighted by Gasteiger charge is 2.74. The van der Waals surface area contributed by atoms with Gasteiger partial charge in [-0.3, -0.25) is 0 Å². The van der Waals surface area contributed by atoms with Crippen LogP contribution in [0.3, 0.4) is 0 Å². The van der Waals surface area contributed by atoms with Gasteiger partial charge in [0.1, 0.15) is 9.93 Å². The molecule has 1 unspecified atom stereocenters. The Hall–Kier alpha value is -0.730. The normalized spacial score (nSPS) is 25.5. The highest BCUT2D eigenvalue weighted by atomic mass is 35.5. The molecule has 0 saturated heterocycles. The van der Waals surface area contributed by atoms with Gasteiger partial charge >= 0.3 is 0 Å². The number of benzene rings is 2. The Morgan fingerprint density at radius 3 is 2.00 bits per heavy atom. The fraction of sp³-hybridized carbons (Fsp3) is 0.333. The molecule has 1 aliphatic carbocycles. The van der Waals surface area contributed by atoms with Crippen molar-refractivity contribution in [2.45, 2.75) is 30.2 Å². The summed E-state index contributed by atoms with van der Waals surface area (Å²) in [5, 5.41) is 12.3. The Morgan fingerprint density at radius 2 is 1.50 bits per heavy atom. The molecular weight excluding hydrogens is 339 g/mol. The highest BCUT2D eigenvalue weighted by Crippen LogP contribution is 2.73. The minimum Gasteiger partial charge on any atom is -0.380 e. The zero-order valence-electron chi connectivity index (χ0n) is 12.4. The van der Waals surface area contributed by atoms with E-state index in [9.17, 15) is 5.11 Å². The van der Waals surface area contributed by atoms with Crippen molar-refractivity contribution in [2.75, 3.05) is 0 Å². The second-order valence-electron chi connectivity index (χ2n) is 6.22. The highest BCUT2D eigenvalue weighted by molar-refractivity contribution is 6.51. The van der Waals surface area contributed by atoms with E-state index in [1.54, 1.807) is 6.07 Å². The summed E-state index contributed by atoms with van der Waals surface area (Å²) < 4.78 is -0.983. The third kappa shape index (κ3) is 2.11. The van der Waals surface area contributed by atoms with Crippen molar-refractivity contribution in [3.8, 4) is 0 Å². The summed E-state index contributed by atoms with van der Waals surface area (Å²) >= 11 is 19.2. The minimum atomic E-state index is -1.35. The van der Waals surface area contributed by atoms with Gasteiger partial charge in [-0.2, -0.15) is 0 Å². The first kappa shape index (κ1) is 16.1. The topological polar surface area (TPSA) is 20.2 Å². The van der Waals surface area contributed by atoms with Gasteiger partial charge in [0.15, 0.2) is 0 Å². The van der Waals surface area contributed by atoms with E-state index in [4.69, 9.17) is 34.8 Å². The van der Waals surface area contributed by atoms with E-state index in [0.29, 0.717) is 17.0 Å². The molecule has 3 rings (SSSR count). The molecule has 0 aliphatic heterocycles. The van der Waals surface area contributed by atoms with Crippen LogP contribution in [0.5, 0.6) is 0 Å². The fourth-order valence-electron chi connectivity index (χ4n) is 3.27. The van der Waals surface area contributed by atoms with Gasteiger partial charge in [0, 0.05) is 16.0 Å². The molecule has 1 aliphatic rings. The molecule has 2 aromatic rings. The molecule has 116 valence electrons. The summed E-state index contributed by atoms with van der Waals surface area (Å²) in [6.07, 6.45) is 0.499. The van der Waals surface area contributed by atoms with Gasteiger partial charge in [0.05, 0.1) is 0 Å². The monoisotopic (exact) mass is 354 g/mol. The lowest BCUT2D eigenvalue weighted by Gasteiger charge is -2.38. The Labute approximate surface area is 145 Å². The van der Waals surface area contributed by atoms with Crippen LogP contribution in [0.2, 0.25) is 5.02 Å². The first-order valence-corrected chi connectivity index (χ1v) is 8.29. The minimum absolute atomic E-state index is 0.499. The van der Waals surface area contributed by atoms with Crippen molar-refractivity contribution >= 4 is 34.8 Å². The van der Waals surface area contributed by atoms with Crippen LogP contribution in [0.1, 0.15) is 30.0 Å². The van der Waals surface area contributed by atoms with Crippen LogP contribution in [0.15, 0.2) is 48.5 Å². The predicted octanol–water partition coefficient (Wildman–Crippen LogP) is 5.47. The maximum atomic E-state index is 11.8. The standard InChI is InChI=1S/C18H17Cl3O/c1-12-7-3-4-8-13(12)18(22,16(2)11-17(16,20)21)14-9-5-6-10-15(14)19/h3-10,22H,11H2,1-2H3/t16-,18?/m1/s1. The van der Waals surface area contributed by atoms with Crippen LogP contribution in [0.25, 0.3) is 0 Å². The third-order valence-corrected chi connectivity index (χ3v) is 6.29. The van der Waals surface area contributed by atoms with Gasteiger partial charge in [-0.1, -0.05) is 61.0 Å². The number of halogens is 3. The SMILES string of the molecule is Cc1ccccc1C(O)(c1ccccc1Cl)[C@]1(C)CC1(Cl)Cl. The Bertz CT molecular complexity index is 680. The molecule has 0 heterocycles. The average molecular weight is 356 g/mol. The number of hydrogen-bond donors (Lipinski definition) is 1. The first-order chi connectivity index (χ1) is 10.2. The van der Waals surface area contributed by atoms with Gasteiger partial charge in [0.25, 0.3) is 0 Å². The van der Waals surface area contributed by atoms with Crippen molar-refractivity contribution < 1.29 is 5.11 Å². The van der Waals surface area contributed by atoms with Crippen LogP contribution in [-0.4, -0.2) is 9.44 Å². The van der Waals surface area contributed by atoms with Crippen LogP contribution >= 0.6 is 34.8 Å². The molecule has 0 spiro atoms. The van der Waals surface area contributed by atoms with E-state index in [2.05, 4.69) is 0 Å². The number of aryl methyl sites for hydroxylation is 1. The molecular formula is C18H17Cl3O. The van der Waals surface area contributed by atoms with Gasteiger partial charge in [-0.05, 0) is 30.5 Å². The summed E-state index contributed by atoms with van der Waals surface area (Å²) in [4.78, 5) is 0. The van der Waals surface area contributed by atoms with Gasteiger partial charge in [-0.15, -0.1) is 23.2 Å².